The Kier molecular flexibility index (Phi) is 4.97. The number of benzene rings is 2. The van der Waals surface area contributed by atoms with Gasteiger partial charge in [-0.3, -0.25) is 4.72 Å². The van der Waals surface area contributed by atoms with Crippen LogP contribution in [0, 0.1) is 5.82 Å². The Hall–Kier alpha value is -1.44. The van der Waals surface area contributed by atoms with Crippen LogP contribution in [0.4, 0.5) is 10.1 Å². The summed E-state index contributed by atoms with van der Waals surface area (Å²) in [4.78, 5) is 0.0764. The van der Waals surface area contributed by atoms with Gasteiger partial charge in [-0.2, -0.15) is 0 Å². The molecule has 0 aromatic heterocycles. The number of sulfonamides is 1. The molecule has 2 aromatic carbocycles. The summed E-state index contributed by atoms with van der Waals surface area (Å²) in [6, 6.07) is 10.1. The van der Waals surface area contributed by atoms with Crippen molar-refractivity contribution >= 4 is 31.6 Å². The summed E-state index contributed by atoms with van der Waals surface area (Å²) < 4.78 is 40.3. The molecule has 0 bridgehead atoms. The molecule has 0 spiro atoms. The molecule has 112 valence electrons. The lowest BCUT2D eigenvalue weighted by Crippen LogP contribution is -2.13. The maximum atomic E-state index is 13.4. The van der Waals surface area contributed by atoms with E-state index >= 15 is 0 Å². The molecule has 0 unspecified atom stereocenters. The lowest BCUT2D eigenvalue weighted by Gasteiger charge is -2.09. The number of halogens is 2. The minimum absolute atomic E-state index is 0.00250. The van der Waals surface area contributed by atoms with Crippen molar-refractivity contribution in [2.24, 2.45) is 0 Å². The normalized spacial score (nSPS) is 11.4. The Morgan fingerprint density at radius 3 is 2.38 bits per heavy atom. The Labute approximate surface area is 130 Å². The molecule has 0 heterocycles. The van der Waals surface area contributed by atoms with Crippen molar-refractivity contribution in [1.82, 2.24) is 0 Å². The first-order valence-electron chi connectivity index (χ1n) is 6.10. The summed E-state index contributed by atoms with van der Waals surface area (Å²) in [5, 5.41) is 8.82. The predicted octanol–water partition coefficient (Wildman–Crippen LogP) is 2.92. The quantitative estimate of drug-likeness (QED) is 0.846. The van der Waals surface area contributed by atoms with E-state index in [1.165, 1.54) is 24.3 Å². The monoisotopic (exact) mass is 373 g/mol. The van der Waals surface area contributed by atoms with E-state index in [0.717, 1.165) is 11.6 Å². The highest BCUT2D eigenvalue weighted by Gasteiger charge is 2.14. The minimum Gasteiger partial charge on any atom is -0.396 e. The fourth-order valence-corrected chi connectivity index (χ4v) is 3.03. The summed E-state index contributed by atoms with van der Waals surface area (Å²) in [7, 11) is -3.77. The molecule has 2 N–H and O–H groups in total. The van der Waals surface area contributed by atoms with Gasteiger partial charge in [0.1, 0.15) is 5.82 Å². The van der Waals surface area contributed by atoms with E-state index in [9.17, 15) is 12.8 Å². The highest BCUT2D eigenvalue weighted by atomic mass is 79.9. The van der Waals surface area contributed by atoms with Crippen LogP contribution >= 0.6 is 15.9 Å². The SMILES string of the molecule is O=S(=O)(Nc1ccc(Br)c(F)c1)c1ccc(CCO)cc1. The van der Waals surface area contributed by atoms with Crippen molar-refractivity contribution in [3.05, 3.63) is 58.3 Å². The largest absolute Gasteiger partial charge is 0.396 e. The summed E-state index contributed by atoms with van der Waals surface area (Å²) in [6.07, 6.45) is 0.464. The number of hydrogen-bond acceptors (Lipinski definition) is 3. The standard InChI is InChI=1S/C14H13BrFNO3S/c15-13-6-3-11(9-14(13)16)17-21(19,20)12-4-1-10(2-5-12)7-8-18/h1-6,9,17-18H,7-8H2. The number of hydrogen-bond donors (Lipinski definition) is 2. The first kappa shape index (κ1) is 15.9. The van der Waals surface area contributed by atoms with Gasteiger partial charge >= 0.3 is 0 Å². The second-order valence-electron chi connectivity index (χ2n) is 4.35. The summed E-state index contributed by atoms with van der Waals surface area (Å²) in [5.74, 6) is -0.548. The van der Waals surface area contributed by atoms with Crippen molar-refractivity contribution < 1.29 is 17.9 Å². The molecule has 0 saturated heterocycles. The van der Waals surface area contributed by atoms with E-state index < -0.39 is 15.8 Å². The van der Waals surface area contributed by atoms with Gasteiger partial charge in [-0.05, 0) is 58.2 Å². The van der Waals surface area contributed by atoms with Crippen LogP contribution in [0.5, 0.6) is 0 Å². The van der Waals surface area contributed by atoms with Gasteiger partial charge in [0.2, 0.25) is 0 Å². The van der Waals surface area contributed by atoms with Gasteiger partial charge in [0.25, 0.3) is 10.0 Å². The first-order valence-corrected chi connectivity index (χ1v) is 8.37. The lowest BCUT2D eigenvalue weighted by molar-refractivity contribution is 0.299. The molecular weight excluding hydrogens is 361 g/mol. The maximum Gasteiger partial charge on any atom is 0.261 e. The Morgan fingerprint density at radius 2 is 1.81 bits per heavy atom. The van der Waals surface area contributed by atoms with Crippen LogP contribution < -0.4 is 4.72 Å². The Bertz CT molecular complexity index is 732. The zero-order valence-corrected chi connectivity index (χ0v) is 13.3. The van der Waals surface area contributed by atoms with Crippen LogP contribution in [0.25, 0.3) is 0 Å². The fourth-order valence-electron chi connectivity index (χ4n) is 1.74. The van der Waals surface area contributed by atoms with Crippen LogP contribution in [0.3, 0.4) is 0 Å². The highest BCUT2D eigenvalue weighted by Crippen LogP contribution is 2.22. The van der Waals surface area contributed by atoms with Gasteiger partial charge in [-0.25, -0.2) is 12.8 Å². The van der Waals surface area contributed by atoms with E-state index in [2.05, 4.69) is 20.7 Å². The molecule has 4 nitrogen and oxygen atoms in total. The van der Waals surface area contributed by atoms with E-state index in [1.54, 1.807) is 12.1 Å². The fraction of sp³-hybridized carbons (Fsp3) is 0.143. The van der Waals surface area contributed by atoms with E-state index in [1.807, 2.05) is 0 Å². The van der Waals surface area contributed by atoms with Crippen molar-refractivity contribution in [2.75, 3.05) is 11.3 Å². The Morgan fingerprint density at radius 1 is 1.14 bits per heavy atom. The van der Waals surface area contributed by atoms with Gasteiger partial charge in [0, 0.05) is 6.61 Å². The summed E-state index contributed by atoms with van der Waals surface area (Å²) >= 11 is 3.00. The molecule has 0 amide bonds. The molecule has 7 heteroatoms. The third-order valence-corrected chi connectivity index (χ3v) is 4.85. The lowest BCUT2D eigenvalue weighted by atomic mass is 10.2. The van der Waals surface area contributed by atoms with Gasteiger partial charge < -0.3 is 5.11 Å². The van der Waals surface area contributed by atoms with Gasteiger partial charge in [0.15, 0.2) is 0 Å². The molecular formula is C14H13BrFNO3S. The smallest absolute Gasteiger partial charge is 0.261 e. The number of nitrogens with one attached hydrogen (secondary N) is 1. The second-order valence-corrected chi connectivity index (χ2v) is 6.89. The average Bonchev–Trinajstić information content (AvgIpc) is 2.44. The molecule has 0 atom stereocenters. The molecule has 0 radical (unpaired) electrons. The van der Waals surface area contributed by atoms with Crippen LogP contribution in [0.15, 0.2) is 51.8 Å². The summed E-state index contributed by atoms with van der Waals surface area (Å²) in [5.41, 5.74) is 0.987. The van der Waals surface area contributed by atoms with Crippen LogP contribution in [0.1, 0.15) is 5.56 Å². The van der Waals surface area contributed by atoms with E-state index in [0.29, 0.717) is 6.42 Å². The predicted molar refractivity (Wildman–Crippen MR) is 82.1 cm³/mol. The van der Waals surface area contributed by atoms with Crippen LogP contribution in [-0.2, 0) is 16.4 Å². The van der Waals surface area contributed by atoms with Gasteiger partial charge in [0.05, 0.1) is 15.1 Å². The molecule has 0 aliphatic carbocycles. The Balaban J connectivity index is 2.23. The number of aliphatic hydroxyl groups excluding tert-OH is 1. The number of aliphatic hydroxyl groups is 1. The molecule has 0 aliphatic heterocycles. The van der Waals surface area contributed by atoms with Crippen LogP contribution in [-0.4, -0.2) is 20.1 Å². The second kappa shape index (κ2) is 6.55. The topological polar surface area (TPSA) is 66.4 Å². The molecule has 2 aromatic rings. The van der Waals surface area contributed by atoms with Gasteiger partial charge in [-0.1, -0.05) is 12.1 Å². The first-order chi connectivity index (χ1) is 9.92. The van der Waals surface area contributed by atoms with E-state index in [4.69, 9.17) is 5.11 Å². The molecule has 0 fully saturated rings. The van der Waals surface area contributed by atoms with Gasteiger partial charge in [-0.15, -0.1) is 0 Å². The highest BCUT2D eigenvalue weighted by molar-refractivity contribution is 9.10. The minimum atomic E-state index is -3.77. The third kappa shape index (κ3) is 4.03. The third-order valence-electron chi connectivity index (χ3n) is 2.81. The van der Waals surface area contributed by atoms with Crippen molar-refractivity contribution in [2.45, 2.75) is 11.3 Å². The van der Waals surface area contributed by atoms with Crippen molar-refractivity contribution in [3.8, 4) is 0 Å². The van der Waals surface area contributed by atoms with Crippen molar-refractivity contribution in [1.29, 1.82) is 0 Å². The zero-order valence-electron chi connectivity index (χ0n) is 10.9. The molecule has 0 aliphatic rings. The number of rotatable bonds is 5. The van der Waals surface area contributed by atoms with E-state index in [-0.39, 0.29) is 21.7 Å². The molecule has 2 rings (SSSR count). The summed E-state index contributed by atoms with van der Waals surface area (Å²) in [6.45, 7) is 0.00250. The zero-order chi connectivity index (χ0) is 15.5. The number of anilines is 1. The molecule has 0 saturated carbocycles. The van der Waals surface area contributed by atoms with Crippen molar-refractivity contribution in [3.63, 3.8) is 0 Å². The maximum absolute atomic E-state index is 13.4. The van der Waals surface area contributed by atoms with Crippen LogP contribution in [0.2, 0.25) is 0 Å². The molecule has 21 heavy (non-hydrogen) atoms. The average molecular weight is 374 g/mol.